The number of carbonyl (C=O) groups is 1. The van der Waals surface area contributed by atoms with E-state index in [2.05, 4.69) is 55.7 Å². The summed E-state index contributed by atoms with van der Waals surface area (Å²) in [7, 11) is 0. The van der Waals surface area contributed by atoms with Gasteiger partial charge >= 0.3 is 6.09 Å². The van der Waals surface area contributed by atoms with Crippen LogP contribution in [0.4, 0.5) is 4.79 Å². The number of carbonyl (C=O) groups excluding carboxylic acids is 1. The number of amides is 1. The van der Waals surface area contributed by atoms with Crippen LogP contribution in [0.2, 0.25) is 0 Å². The summed E-state index contributed by atoms with van der Waals surface area (Å²) in [5.74, 6) is 0. The molecule has 4 heteroatoms. The fourth-order valence-corrected chi connectivity index (χ4v) is 2.33. The average Bonchev–Trinajstić information content (AvgIpc) is 2.49. The van der Waals surface area contributed by atoms with Gasteiger partial charge in [-0.25, -0.2) is 4.79 Å². The van der Waals surface area contributed by atoms with Crippen LogP contribution in [0.25, 0.3) is 0 Å². The van der Waals surface area contributed by atoms with Crippen molar-refractivity contribution in [2.24, 2.45) is 0 Å². The van der Waals surface area contributed by atoms with Gasteiger partial charge < -0.3 is 15.4 Å². The fraction of sp³-hybridized carbons (Fsp3) is 0.632. The largest absolute Gasteiger partial charge is 0.444 e. The van der Waals surface area contributed by atoms with Crippen LogP contribution in [-0.2, 0) is 11.2 Å². The maximum absolute atomic E-state index is 11.7. The Labute approximate surface area is 141 Å². The monoisotopic (exact) mass is 320 g/mol. The summed E-state index contributed by atoms with van der Waals surface area (Å²) in [5.41, 5.74) is 2.14. The van der Waals surface area contributed by atoms with Crippen molar-refractivity contribution >= 4 is 6.09 Å². The van der Waals surface area contributed by atoms with Gasteiger partial charge in [0.15, 0.2) is 0 Å². The summed E-state index contributed by atoms with van der Waals surface area (Å²) in [5, 5.41) is 6.41. The summed E-state index contributed by atoms with van der Waals surface area (Å²) < 4.78 is 5.27. The molecule has 1 aromatic rings. The number of nitrogens with one attached hydrogen (secondary N) is 2. The van der Waals surface area contributed by atoms with E-state index in [9.17, 15) is 4.79 Å². The summed E-state index contributed by atoms with van der Waals surface area (Å²) in [6, 6.07) is 9.14. The van der Waals surface area contributed by atoms with Crippen LogP contribution in [0.3, 0.4) is 0 Å². The number of hydrogen-bond acceptors (Lipinski definition) is 3. The van der Waals surface area contributed by atoms with E-state index < -0.39 is 5.60 Å². The minimum Gasteiger partial charge on any atom is -0.444 e. The van der Waals surface area contributed by atoms with E-state index in [4.69, 9.17) is 4.74 Å². The van der Waals surface area contributed by atoms with Crippen molar-refractivity contribution in [1.29, 1.82) is 0 Å². The lowest BCUT2D eigenvalue weighted by Crippen LogP contribution is -2.43. The molecule has 0 bridgehead atoms. The maximum Gasteiger partial charge on any atom is 0.407 e. The molecule has 23 heavy (non-hydrogen) atoms. The van der Waals surface area contributed by atoms with Crippen LogP contribution < -0.4 is 10.6 Å². The third-order valence-corrected chi connectivity index (χ3v) is 3.76. The third kappa shape index (κ3) is 7.51. The molecule has 0 radical (unpaired) electrons. The molecule has 1 rings (SSSR count). The molecule has 4 nitrogen and oxygen atoms in total. The molecule has 2 atom stereocenters. The second-order valence-electron chi connectivity index (χ2n) is 6.97. The number of alkyl carbamates (subject to hydrolysis) is 1. The van der Waals surface area contributed by atoms with Crippen molar-refractivity contribution in [2.45, 2.75) is 72.1 Å². The molecule has 2 N–H and O–H groups in total. The second kappa shape index (κ2) is 8.92. The summed E-state index contributed by atoms with van der Waals surface area (Å²) in [6.45, 7) is 12.6. The van der Waals surface area contributed by atoms with Crippen LogP contribution in [0.15, 0.2) is 24.3 Å². The number of aryl methyl sites for hydroxylation is 1. The molecule has 0 fully saturated rings. The minimum atomic E-state index is -0.465. The Bertz CT molecular complexity index is 477. The van der Waals surface area contributed by atoms with E-state index in [-0.39, 0.29) is 18.2 Å². The first-order chi connectivity index (χ1) is 10.7. The van der Waals surface area contributed by atoms with Crippen molar-refractivity contribution in [1.82, 2.24) is 10.6 Å². The van der Waals surface area contributed by atoms with Gasteiger partial charge in [0, 0.05) is 18.6 Å². The molecule has 0 aromatic heterocycles. The quantitative estimate of drug-likeness (QED) is 0.791. The Morgan fingerprint density at radius 1 is 1.17 bits per heavy atom. The normalized spacial score (nSPS) is 14.2. The number of benzene rings is 1. The molecule has 1 amide bonds. The van der Waals surface area contributed by atoms with Gasteiger partial charge in [-0.15, -0.1) is 0 Å². The van der Waals surface area contributed by atoms with Gasteiger partial charge in [0.25, 0.3) is 0 Å². The molecule has 0 aliphatic rings. The van der Waals surface area contributed by atoms with Gasteiger partial charge in [0.1, 0.15) is 5.60 Å². The molecule has 130 valence electrons. The van der Waals surface area contributed by atoms with Gasteiger partial charge in [-0.05, 0) is 51.7 Å². The average molecular weight is 320 g/mol. The van der Waals surface area contributed by atoms with Gasteiger partial charge in [-0.2, -0.15) is 0 Å². The molecular formula is C19H32N2O2. The predicted octanol–water partition coefficient (Wildman–Crippen LogP) is 4.20. The molecule has 0 saturated heterocycles. The minimum absolute atomic E-state index is 0.211. The smallest absolute Gasteiger partial charge is 0.407 e. The highest BCUT2D eigenvalue weighted by atomic mass is 16.6. The molecule has 0 heterocycles. The Balaban J connectivity index is 2.49. The molecular weight excluding hydrogens is 288 g/mol. The maximum atomic E-state index is 11.7. The lowest BCUT2D eigenvalue weighted by Gasteiger charge is -2.24. The van der Waals surface area contributed by atoms with E-state index in [0.29, 0.717) is 6.54 Å². The number of rotatable bonds is 7. The molecule has 0 aliphatic carbocycles. The highest BCUT2D eigenvalue weighted by molar-refractivity contribution is 5.67. The molecule has 0 saturated carbocycles. The zero-order chi connectivity index (χ0) is 17.5. The van der Waals surface area contributed by atoms with Gasteiger partial charge in [-0.3, -0.25) is 0 Å². The highest BCUT2D eigenvalue weighted by Crippen LogP contribution is 2.15. The Morgan fingerprint density at radius 3 is 2.26 bits per heavy atom. The first-order valence-electron chi connectivity index (χ1n) is 8.56. The lowest BCUT2D eigenvalue weighted by atomic mass is 10.0. The summed E-state index contributed by atoms with van der Waals surface area (Å²) in [4.78, 5) is 11.7. The van der Waals surface area contributed by atoms with E-state index in [1.54, 1.807) is 0 Å². The van der Waals surface area contributed by atoms with E-state index >= 15 is 0 Å². The second-order valence-corrected chi connectivity index (χ2v) is 6.97. The van der Waals surface area contributed by atoms with E-state index in [1.807, 2.05) is 20.8 Å². The Morgan fingerprint density at radius 2 is 1.78 bits per heavy atom. The first kappa shape index (κ1) is 19.5. The standard InChI is InChI=1S/C19H32N2O2/c1-7-15-9-11-16(12-10-15)14(3)21-17(8-2)13-20-18(22)23-19(4,5)6/h9-12,14,17,21H,7-8,13H2,1-6H3,(H,20,22). The Hall–Kier alpha value is -1.55. The zero-order valence-corrected chi connectivity index (χ0v) is 15.4. The predicted molar refractivity (Wildman–Crippen MR) is 95.7 cm³/mol. The molecule has 1 aromatic carbocycles. The van der Waals surface area contributed by atoms with Crippen LogP contribution in [0.5, 0.6) is 0 Å². The third-order valence-electron chi connectivity index (χ3n) is 3.76. The van der Waals surface area contributed by atoms with Crippen LogP contribution in [-0.4, -0.2) is 24.3 Å². The number of ether oxygens (including phenoxy) is 1. The van der Waals surface area contributed by atoms with Gasteiger partial charge in [0.05, 0.1) is 0 Å². The van der Waals surface area contributed by atoms with Crippen molar-refractivity contribution in [3.05, 3.63) is 35.4 Å². The molecule has 2 unspecified atom stereocenters. The van der Waals surface area contributed by atoms with E-state index in [0.717, 1.165) is 12.8 Å². The zero-order valence-electron chi connectivity index (χ0n) is 15.4. The SMILES string of the molecule is CCc1ccc(C(C)NC(CC)CNC(=O)OC(C)(C)C)cc1. The van der Waals surface area contributed by atoms with Crippen molar-refractivity contribution < 1.29 is 9.53 Å². The molecule has 0 spiro atoms. The van der Waals surface area contributed by atoms with Crippen LogP contribution in [0.1, 0.15) is 65.1 Å². The highest BCUT2D eigenvalue weighted by Gasteiger charge is 2.18. The number of hydrogen-bond donors (Lipinski definition) is 2. The fourth-order valence-electron chi connectivity index (χ4n) is 2.33. The summed E-state index contributed by atoms with van der Waals surface area (Å²) >= 11 is 0. The van der Waals surface area contributed by atoms with Gasteiger partial charge in [-0.1, -0.05) is 38.1 Å². The first-order valence-corrected chi connectivity index (χ1v) is 8.56. The molecule has 0 aliphatic heterocycles. The van der Waals surface area contributed by atoms with Crippen LogP contribution >= 0.6 is 0 Å². The Kier molecular flexibility index (Phi) is 7.56. The van der Waals surface area contributed by atoms with Crippen molar-refractivity contribution in [2.75, 3.05) is 6.54 Å². The summed E-state index contributed by atoms with van der Waals surface area (Å²) in [6.07, 6.45) is 1.63. The van der Waals surface area contributed by atoms with Gasteiger partial charge in [0.2, 0.25) is 0 Å². The van der Waals surface area contributed by atoms with Crippen molar-refractivity contribution in [3.8, 4) is 0 Å². The van der Waals surface area contributed by atoms with Crippen LogP contribution in [0, 0.1) is 0 Å². The topological polar surface area (TPSA) is 50.4 Å². The van der Waals surface area contributed by atoms with Crippen molar-refractivity contribution in [3.63, 3.8) is 0 Å². The lowest BCUT2D eigenvalue weighted by molar-refractivity contribution is 0.0521. The van der Waals surface area contributed by atoms with E-state index in [1.165, 1.54) is 11.1 Å².